The quantitative estimate of drug-likeness (QED) is 0.227. The van der Waals surface area contributed by atoms with E-state index >= 15 is 0 Å². The lowest BCUT2D eigenvalue weighted by Gasteiger charge is -2.09. The molecule has 0 radical (unpaired) electrons. The zero-order chi connectivity index (χ0) is 20.2. The number of hydrogen-bond acceptors (Lipinski definition) is 2. The topological polar surface area (TPSA) is 45.8 Å². The molecule has 142 valence electrons. The van der Waals surface area contributed by atoms with Gasteiger partial charge in [0.25, 0.3) is 0 Å². The molecular formula is C26H15BrN2O. The molecule has 1 N–H and O–H groups in total. The van der Waals surface area contributed by atoms with Gasteiger partial charge in [0.1, 0.15) is 0 Å². The van der Waals surface area contributed by atoms with E-state index in [0.29, 0.717) is 11.1 Å². The number of carbonyl (C=O) groups excluding carboxylic acids is 1. The minimum absolute atomic E-state index is 0.0281. The number of aromatic amines is 1. The second-order valence-electron chi connectivity index (χ2n) is 7.44. The zero-order valence-corrected chi connectivity index (χ0v) is 17.4. The fraction of sp³-hybridized carbons (Fsp3) is 0. The van der Waals surface area contributed by atoms with E-state index in [4.69, 9.17) is 4.98 Å². The Kier molecular flexibility index (Phi) is 3.77. The van der Waals surface area contributed by atoms with Crippen molar-refractivity contribution in [2.45, 2.75) is 0 Å². The maximum atomic E-state index is 13.7. The SMILES string of the molecule is O=C(c1ccccc1)c1c2nc3ccccc3cc2cc2c1[nH]c1ccc(Br)cc12. The minimum Gasteiger partial charge on any atom is -0.354 e. The molecule has 0 saturated heterocycles. The van der Waals surface area contributed by atoms with Crippen LogP contribution in [0.3, 0.4) is 0 Å². The predicted octanol–water partition coefficient (Wildman–Crippen LogP) is 7.02. The maximum Gasteiger partial charge on any atom is 0.197 e. The molecule has 4 heteroatoms. The first-order valence-corrected chi connectivity index (χ1v) is 10.5. The number of nitrogens with one attached hydrogen (secondary N) is 1. The number of hydrogen-bond donors (Lipinski definition) is 1. The first-order chi connectivity index (χ1) is 14.7. The second-order valence-corrected chi connectivity index (χ2v) is 8.35. The summed E-state index contributed by atoms with van der Waals surface area (Å²) in [7, 11) is 0. The number of carbonyl (C=O) groups is 1. The van der Waals surface area contributed by atoms with Gasteiger partial charge >= 0.3 is 0 Å². The van der Waals surface area contributed by atoms with Gasteiger partial charge in [-0.2, -0.15) is 0 Å². The molecule has 0 saturated carbocycles. The first-order valence-electron chi connectivity index (χ1n) is 9.72. The minimum atomic E-state index is -0.0281. The van der Waals surface area contributed by atoms with E-state index in [9.17, 15) is 4.79 Å². The Balaban J connectivity index is 1.81. The summed E-state index contributed by atoms with van der Waals surface area (Å²) in [6.45, 7) is 0. The molecule has 0 aliphatic heterocycles. The van der Waals surface area contributed by atoms with Gasteiger partial charge in [0.05, 0.1) is 22.1 Å². The summed E-state index contributed by atoms with van der Waals surface area (Å²) in [5, 5.41) is 4.12. The fourth-order valence-electron chi connectivity index (χ4n) is 4.20. The molecule has 0 fully saturated rings. The van der Waals surface area contributed by atoms with Crippen molar-refractivity contribution in [3.8, 4) is 0 Å². The van der Waals surface area contributed by atoms with Crippen LogP contribution in [0.15, 0.2) is 89.4 Å². The lowest BCUT2D eigenvalue weighted by molar-refractivity contribution is 0.104. The van der Waals surface area contributed by atoms with Crippen LogP contribution in [0.2, 0.25) is 0 Å². The van der Waals surface area contributed by atoms with Crippen molar-refractivity contribution in [3.63, 3.8) is 0 Å². The molecule has 2 aromatic heterocycles. The van der Waals surface area contributed by atoms with Crippen LogP contribution in [-0.4, -0.2) is 15.8 Å². The molecule has 4 aromatic carbocycles. The summed E-state index contributed by atoms with van der Waals surface area (Å²) in [5.74, 6) is -0.0281. The van der Waals surface area contributed by atoms with Crippen LogP contribution in [0.25, 0.3) is 43.6 Å². The molecule has 6 aromatic rings. The highest BCUT2D eigenvalue weighted by molar-refractivity contribution is 9.10. The molecule has 0 aliphatic rings. The summed E-state index contributed by atoms with van der Waals surface area (Å²) in [6.07, 6.45) is 0. The zero-order valence-electron chi connectivity index (χ0n) is 15.8. The van der Waals surface area contributed by atoms with Crippen LogP contribution in [0.4, 0.5) is 0 Å². The fourth-order valence-corrected chi connectivity index (χ4v) is 4.56. The number of ketones is 1. The van der Waals surface area contributed by atoms with E-state index < -0.39 is 0 Å². The molecular weight excluding hydrogens is 436 g/mol. The number of nitrogens with zero attached hydrogens (tertiary/aromatic N) is 1. The average Bonchev–Trinajstić information content (AvgIpc) is 3.13. The third-order valence-corrected chi connectivity index (χ3v) is 6.10. The van der Waals surface area contributed by atoms with Gasteiger partial charge in [-0.05, 0) is 36.4 Å². The lowest BCUT2D eigenvalue weighted by atomic mass is 9.96. The van der Waals surface area contributed by atoms with E-state index in [-0.39, 0.29) is 5.78 Å². The number of halogens is 1. The van der Waals surface area contributed by atoms with Crippen LogP contribution in [0, 0.1) is 0 Å². The molecule has 0 amide bonds. The van der Waals surface area contributed by atoms with E-state index in [1.807, 2.05) is 60.7 Å². The molecule has 0 unspecified atom stereocenters. The number of fused-ring (bicyclic) bond motifs is 5. The lowest BCUT2D eigenvalue weighted by Crippen LogP contribution is -2.04. The van der Waals surface area contributed by atoms with Gasteiger partial charge in [-0.3, -0.25) is 4.79 Å². The van der Waals surface area contributed by atoms with Crippen LogP contribution >= 0.6 is 15.9 Å². The number of rotatable bonds is 2. The van der Waals surface area contributed by atoms with Gasteiger partial charge < -0.3 is 4.98 Å². The highest BCUT2D eigenvalue weighted by atomic mass is 79.9. The summed E-state index contributed by atoms with van der Waals surface area (Å²) < 4.78 is 1.00. The normalized spacial score (nSPS) is 11.6. The van der Waals surface area contributed by atoms with Gasteiger partial charge in [-0.1, -0.05) is 64.5 Å². The number of para-hydroxylation sites is 1. The van der Waals surface area contributed by atoms with Gasteiger partial charge in [0.2, 0.25) is 0 Å². The van der Waals surface area contributed by atoms with Crippen molar-refractivity contribution in [2.24, 2.45) is 0 Å². The number of H-pyrrole nitrogens is 1. The molecule has 0 atom stereocenters. The summed E-state index contributed by atoms with van der Waals surface area (Å²) >= 11 is 3.58. The van der Waals surface area contributed by atoms with Crippen LogP contribution in [-0.2, 0) is 0 Å². The van der Waals surface area contributed by atoms with Crippen molar-refractivity contribution in [1.29, 1.82) is 0 Å². The van der Waals surface area contributed by atoms with E-state index in [1.165, 1.54) is 0 Å². The van der Waals surface area contributed by atoms with Crippen molar-refractivity contribution in [2.75, 3.05) is 0 Å². The van der Waals surface area contributed by atoms with Gasteiger partial charge in [-0.15, -0.1) is 0 Å². The van der Waals surface area contributed by atoms with E-state index in [2.05, 4.69) is 45.2 Å². The summed E-state index contributed by atoms with van der Waals surface area (Å²) in [4.78, 5) is 22.1. The highest BCUT2D eigenvalue weighted by Gasteiger charge is 2.21. The first kappa shape index (κ1) is 17.4. The van der Waals surface area contributed by atoms with Crippen molar-refractivity contribution in [1.82, 2.24) is 9.97 Å². The van der Waals surface area contributed by atoms with Crippen molar-refractivity contribution >= 4 is 65.3 Å². The monoisotopic (exact) mass is 450 g/mol. The van der Waals surface area contributed by atoms with Crippen molar-refractivity contribution < 1.29 is 4.79 Å². The van der Waals surface area contributed by atoms with E-state index in [0.717, 1.165) is 48.1 Å². The van der Waals surface area contributed by atoms with E-state index in [1.54, 1.807) is 0 Å². The van der Waals surface area contributed by atoms with Crippen LogP contribution < -0.4 is 0 Å². The Morgan fingerprint density at radius 1 is 0.800 bits per heavy atom. The van der Waals surface area contributed by atoms with Gasteiger partial charge in [-0.25, -0.2) is 4.98 Å². The third-order valence-electron chi connectivity index (χ3n) is 5.60. The smallest absolute Gasteiger partial charge is 0.197 e. The van der Waals surface area contributed by atoms with Gasteiger partial charge in [0, 0.05) is 37.1 Å². The number of aromatic nitrogens is 2. The molecule has 0 bridgehead atoms. The van der Waals surface area contributed by atoms with Crippen LogP contribution in [0.1, 0.15) is 15.9 Å². The Labute approximate surface area is 180 Å². The molecule has 30 heavy (non-hydrogen) atoms. The largest absolute Gasteiger partial charge is 0.354 e. The summed E-state index contributed by atoms with van der Waals surface area (Å²) in [6, 6.07) is 27.8. The summed E-state index contributed by atoms with van der Waals surface area (Å²) in [5.41, 5.74) is 4.70. The van der Waals surface area contributed by atoms with Gasteiger partial charge in [0.15, 0.2) is 5.78 Å². The van der Waals surface area contributed by atoms with Crippen LogP contribution in [0.5, 0.6) is 0 Å². The van der Waals surface area contributed by atoms with Crippen molar-refractivity contribution in [3.05, 3.63) is 101 Å². The maximum absolute atomic E-state index is 13.7. The standard InChI is InChI=1S/C26H15BrN2O/c27-18-10-11-22-19(14-18)20-13-17-12-16-8-4-5-9-21(16)28-24(17)23(25(20)29-22)26(30)15-6-2-1-3-7-15/h1-14,29H. The Bertz CT molecular complexity index is 1620. The number of pyridine rings is 1. The third kappa shape index (κ3) is 2.57. The molecule has 3 nitrogen and oxygen atoms in total. The number of benzene rings is 4. The average molecular weight is 451 g/mol. The predicted molar refractivity (Wildman–Crippen MR) is 126 cm³/mol. The molecule has 2 heterocycles. The Morgan fingerprint density at radius 3 is 2.47 bits per heavy atom. The Morgan fingerprint density at radius 2 is 1.60 bits per heavy atom. The Hall–Kier alpha value is -3.50. The molecule has 6 rings (SSSR count). The highest BCUT2D eigenvalue weighted by Crippen LogP contribution is 2.36. The molecule has 0 aliphatic carbocycles. The molecule has 0 spiro atoms. The second kappa shape index (κ2) is 6.51.